The number of hydrogen-bond donors (Lipinski definition) is 2. The number of benzene rings is 1. The quantitative estimate of drug-likeness (QED) is 0.804. The zero-order valence-corrected chi connectivity index (χ0v) is 13.5. The van der Waals surface area contributed by atoms with Gasteiger partial charge in [0.2, 0.25) is 0 Å². The largest absolute Gasteiger partial charge is 0.375 e. The molecule has 0 saturated heterocycles. The number of carbonyl (C=O) groups is 1. The molecule has 22 heavy (non-hydrogen) atoms. The van der Waals surface area contributed by atoms with Crippen LogP contribution in [-0.2, 0) is 6.54 Å². The summed E-state index contributed by atoms with van der Waals surface area (Å²) in [7, 11) is 3.77. The van der Waals surface area contributed by atoms with Crippen molar-refractivity contribution in [1.29, 1.82) is 0 Å². The Morgan fingerprint density at radius 1 is 1.36 bits per heavy atom. The number of aryl methyl sites for hydroxylation is 1. The fraction of sp³-hybridized carbons (Fsp3) is 0.333. The number of aromatic nitrogens is 2. The maximum atomic E-state index is 12.0. The molecule has 1 aromatic heterocycles. The number of urea groups is 1. The van der Waals surface area contributed by atoms with Gasteiger partial charge in [0.25, 0.3) is 0 Å². The molecule has 0 aliphatic rings. The van der Waals surface area contributed by atoms with Crippen LogP contribution >= 0.6 is 11.6 Å². The first-order valence-electron chi connectivity index (χ1n) is 7.06. The molecule has 0 saturated carbocycles. The fourth-order valence-corrected chi connectivity index (χ4v) is 2.46. The van der Waals surface area contributed by atoms with Crippen LogP contribution in [-0.4, -0.2) is 36.5 Å². The number of para-hydroxylation sites is 1. The van der Waals surface area contributed by atoms with Gasteiger partial charge < -0.3 is 15.5 Å². The Morgan fingerprint density at radius 2 is 2.18 bits per heavy atom. The van der Waals surface area contributed by atoms with Gasteiger partial charge in [0.15, 0.2) is 0 Å². The van der Waals surface area contributed by atoms with E-state index in [1.54, 1.807) is 12.3 Å². The molecule has 2 aromatic rings. The fourth-order valence-electron chi connectivity index (χ4n) is 2.11. The van der Waals surface area contributed by atoms with Gasteiger partial charge in [-0.3, -0.25) is 4.68 Å². The van der Waals surface area contributed by atoms with Crippen LogP contribution in [0.25, 0.3) is 0 Å². The third kappa shape index (κ3) is 4.39. The summed E-state index contributed by atoms with van der Waals surface area (Å²) < 4.78 is 1.83. The van der Waals surface area contributed by atoms with Crippen molar-refractivity contribution >= 4 is 29.0 Å². The van der Waals surface area contributed by atoms with Crippen LogP contribution in [0.15, 0.2) is 36.7 Å². The molecule has 6 nitrogen and oxygen atoms in total. The third-order valence-corrected chi connectivity index (χ3v) is 3.40. The van der Waals surface area contributed by atoms with E-state index in [4.69, 9.17) is 11.6 Å². The molecule has 2 N–H and O–H groups in total. The summed E-state index contributed by atoms with van der Waals surface area (Å²) >= 11 is 6.17. The maximum absolute atomic E-state index is 12.0. The molecule has 0 bridgehead atoms. The summed E-state index contributed by atoms with van der Waals surface area (Å²) in [6.45, 7) is 1.34. The van der Waals surface area contributed by atoms with Gasteiger partial charge in [-0.05, 0) is 24.6 Å². The monoisotopic (exact) mass is 321 g/mol. The van der Waals surface area contributed by atoms with Crippen LogP contribution in [0.5, 0.6) is 0 Å². The van der Waals surface area contributed by atoms with Crippen LogP contribution in [0, 0.1) is 0 Å². The van der Waals surface area contributed by atoms with Gasteiger partial charge in [0, 0.05) is 39.6 Å². The van der Waals surface area contributed by atoms with Gasteiger partial charge in [0.1, 0.15) is 0 Å². The molecule has 0 spiro atoms. The lowest BCUT2D eigenvalue weighted by Gasteiger charge is -2.19. The number of rotatable bonds is 6. The summed E-state index contributed by atoms with van der Waals surface area (Å²) in [4.78, 5) is 13.8. The van der Waals surface area contributed by atoms with E-state index in [1.165, 1.54) is 0 Å². The van der Waals surface area contributed by atoms with Crippen molar-refractivity contribution in [2.24, 2.45) is 0 Å². The van der Waals surface area contributed by atoms with Crippen LogP contribution in [0.4, 0.5) is 16.2 Å². The van der Waals surface area contributed by atoms with Gasteiger partial charge in [-0.1, -0.05) is 17.7 Å². The molecule has 1 heterocycles. The lowest BCUT2D eigenvalue weighted by Crippen LogP contribution is -2.30. The predicted octanol–water partition coefficient (Wildman–Crippen LogP) is 2.81. The van der Waals surface area contributed by atoms with E-state index < -0.39 is 0 Å². The summed E-state index contributed by atoms with van der Waals surface area (Å²) in [5, 5.41) is 10.4. The van der Waals surface area contributed by atoms with Crippen LogP contribution in [0.2, 0.25) is 5.02 Å². The molecule has 7 heteroatoms. The molecular weight excluding hydrogens is 302 g/mol. The smallest absolute Gasteiger partial charge is 0.319 e. The lowest BCUT2D eigenvalue weighted by molar-refractivity contribution is 0.251. The molecule has 118 valence electrons. The first kappa shape index (κ1) is 16.2. The Balaban J connectivity index is 1.83. The number of anilines is 2. The molecule has 2 rings (SSSR count). The molecule has 0 aliphatic carbocycles. The first-order valence-corrected chi connectivity index (χ1v) is 7.44. The Hall–Kier alpha value is -2.21. The van der Waals surface area contributed by atoms with Gasteiger partial charge in [-0.2, -0.15) is 5.10 Å². The average molecular weight is 322 g/mol. The van der Waals surface area contributed by atoms with Crippen molar-refractivity contribution in [2.45, 2.75) is 13.0 Å². The second-order valence-corrected chi connectivity index (χ2v) is 5.44. The molecule has 0 fully saturated rings. The van der Waals surface area contributed by atoms with E-state index >= 15 is 0 Å². The van der Waals surface area contributed by atoms with Crippen LogP contribution < -0.4 is 15.5 Å². The van der Waals surface area contributed by atoms with Crippen molar-refractivity contribution in [3.8, 4) is 0 Å². The van der Waals surface area contributed by atoms with Crippen molar-refractivity contribution < 1.29 is 4.79 Å². The molecule has 0 radical (unpaired) electrons. The highest BCUT2D eigenvalue weighted by molar-refractivity contribution is 6.34. The highest BCUT2D eigenvalue weighted by Gasteiger charge is 2.11. The Kier molecular flexibility index (Phi) is 5.66. The van der Waals surface area contributed by atoms with Gasteiger partial charge in [-0.25, -0.2) is 4.79 Å². The topological polar surface area (TPSA) is 62.2 Å². The maximum Gasteiger partial charge on any atom is 0.319 e. The minimum absolute atomic E-state index is 0.245. The van der Waals surface area contributed by atoms with E-state index in [2.05, 4.69) is 15.7 Å². The predicted molar refractivity (Wildman–Crippen MR) is 89.6 cm³/mol. The molecule has 0 unspecified atom stereocenters. The number of hydrogen-bond acceptors (Lipinski definition) is 3. The highest BCUT2D eigenvalue weighted by Crippen LogP contribution is 2.32. The van der Waals surface area contributed by atoms with E-state index in [1.807, 2.05) is 48.1 Å². The Bertz CT molecular complexity index is 612. The van der Waals surface area contributed by atoms with Crippen molar-refractivity contribution in [3.05, 3.63) is 41.7 Å². The molecule has 0 atom stereocenters. The second-order valence-electron chi connectivity index (χ2n) is 5.03. The second kappa shape index (κ2) is 7.70. The number of halogens is 1. The third-order valence-electron chi connectivity index (χ3n) is 3.09. The molecule has 2 amide bonds. The van der Waals surface area contributed by atoms with Crippen molar-refractivity contribution in [3.63, 3.8) is 0 Å². The lowest BCUT2D eigenvalue weighted by atomic mass is 10.2. The van der Waals surface area contributed by atoms with Crippen LogP contribution in [0.1, 0.15) is 6.42 Å². The normalized spacial score (nSPS) is 10.3. The molecule has 0 aliphatic heterocycles. The molecule has 1 aromatic carbocycles. The zero-order chi connectivity index (χ0) is 15.9. The minimum atomic E-state index is -0.245. The molecular formula is C15H20ClN5O. The number of nitrogens with zero attached hydrogens (tertiary/aromatic N) is 3. The van der Waals surface area contributed by atoms with Gasteiger partial charge in [0.05, 0.1) is 16.4 Å². The summed E-state index contributed by atoms with van der Waals surface area (Å²) in [5.74, 6) is 0. The zero-order valence-electron chi connectivity index (χ0n) is 12.7. The minimum Gasteiger partial charge on any atom is -0.375 e. The number of amides is 2. The Morgan fingerprint density at radius 3 is 2.86 bits per heavy atom. The van der Waals surface area contributed by atoms with E-state index in [0.717, 1.165) is 18.7 Å². The van der Waals surface area contributed by atoms with Gasteiger partial charge in [-0.15, -0.1) is 0 Å². The van der Waals surface area contributed by atoms with Gasteiger partial charge >= 0.3 is 6.03 Å². The first-order chi connectivity index (χ1) is 10.6. The highest BCUT2D eigenvalue weighted by atomic mass is 35.5. The number of carbonyl (C=O) groups excluding carboxylic acids is 1. The van der Waals surface area contributed by atoms with E-state index in [-0.39, 0.29) is 6.03 Å². The average Bonchev–Trinajstić information content (AvgIpc) is 2.96. The Labute approximate surface area is 135 Å². The SMILES string of the molecule is CN(C)c1c(Cl)cccc1NC(=O)NCCCn1cccn1. The summed E-state index contributed by atoms with van der Waals surface area (Å²) in [5.41, 5.74) is 1.47. The summed E-state index contributed by atoms with van der Waals surface area (Å²) in [6, 6.07) is 7.06. The number of nitrogens with one attached hydrogen (secondary N) is 2. The van der Waals surface area contributed by atoms with Crippen LogP contribution in [0.3, 0.4) is 0 Å². The van der Waals surface area contributed by atoms with Crippen molar-refractivity contribution in [1.82, 2.24) is 15.1 Å². The van der Waals surface area contributed by atoms with Crippen molar-refractivity contribution in [2.75, 3.05) is 30.9 Å². The standard InChI is InChI=1S/C15H20ClN5O/c1-20(2)14-12(16)6-3-7-13(14)19-15(22)17-8-4-10-21-11-5-9-18-21/h3,5-7,9,11H,4,8,10H2,1-2H3,(H2,17,19,22). The summed E-state index contributed by atoms with van der Waals surface area (Å²) in [6.07, 6.45) is 4.45. The van der Waals surface area contributed by atoms with E-state index in [9.17, 15) is 4.79 Å². The van der Waals surface area contributed by atoms with E-state index in [0.29, 0.717) is 17.3 Å².